The minimum absolute atomic E-state index is 1.08. The summed E-state index contributed by atoms with van der Waals surface area (Å²) in [5, 5.41) is 0. The van der Waals surface area contributed by atoms with Gasteiger partial charge in [-0.25, -0.2) is 0 Å². The molecule has 2 aromatic rings. The quantitative estimate of drug-likeness (QED) is 0.531. The van der Waals surface area contributed by atoms with Crippen LogP contribution in [0.25, 0.3) is 11.8 Å². The van der Waals surface area contributed by atoms with Gasteiger partial charge in [-0.1, -0.05) is 60.7 Å². The minimum atomic E-state index is -1.22. The van der Waals surface area contributed by atoms with Crippen LogP contribution in [0, 0.1) is 0 Å². The molecule has 0 amide bonds. The molecule has 2 heteroatoms. The number of hydrogen-bond donors (Lipinski definition) is 0. The highest BCUT2D eigenvalue weighted by atomic mass is 31.2. The molecule has 2 rings (SSSR count). The highest BCUT2D eigenvalue weighted by Crippen LogP contribution is 2.40. The summed E-state index contributed by atoms with van der Waals surface area (Å²) < 4.78 is 4.95. The molecule has 0 radical (unpaired) electrons. The van der Waals surface area contributed by atoms with Gasteiger partial charge in [-0.3, -0.25) is 4.74 Å². The maximum absolute atomic E-state index is 4.95. The lowest BCUT2D eigenvalue weighted by Crippen LogP contribution is -1.82. The zero-order chi connectivity index (χ0) is 13.7. The van der Waals surface area contributed by atoms with Gasteiger partial charge in [0.1, 0.15) is 0 Å². The van der Waals surface area contributed by atoms with Crippen LogP contribution in [0.1, 0.15) is 11.1 Å². The Hall–Kier alpha value is -1.59. The minimum Gasteiger partial charge on any atom is -0.268 e. The Morgan fingerprint density at radius 2 is 1.37 bits per heavy atom. The predicted molar refractivity (Wildman–Crippen MR) is 87.9 cm³/mol. The molecule has 0 atom stereocenters. The van der Waals surface area contributed by atoms with E-state index in [-0.39, 0.29) is 0 Å². The average Bonchev–Trinajstić information content (AvgIpc) is 2.39. The first-order chi connectivity index (χ1) is 9.04. The summed E-state index contributed by atoms with van der Waals surface area (Å²) in [5.41, 5.74) is 3.45. The van der Waals surface area contributed by atoms with Gasteiger partial charge in [0.2, 0.25) is 0 Å². The molecule has 0 saturated heterocycles. The third-order valence-electron chi connectivity index (χ3n) is 2.58. The van der Waals surface area contributed by atoms with Crippen LogP contribution in [0.5, 0.6) is 0 Å². The van der Waals surface area contributed by atoms with Crippen LogP contribution in [0.15, 0.2) is 65.4 Å². The van der Waals surface area contributed by atoms with E-state index in [1.165, 1.54) is 11.1 Å². The molecular formula is C17H20NP. The number of hydrogen-bond acceptors (Lipinski definition) is 1. The maximum Gasteiger partial charge on any atom is 0.0691 e. The fourth-order valence-electron chi connectivity index (χ4n) is 1.81. The molecule has 0 saturated carbocycles. The van der Waals surface area contributed by atoms with Crippen molar-refractivity contribution in [1.29, 1.82) is 0 Å². The van der Waals surface area contributed by atoms with Crippen molar-refractivity contribution in [2.75, 3.05) is 20.0 Å². The first kappa shape index (κ1) is 13.8. The van der Waals surface area contributed by atoms with E-state index in [2.05, 4.69) is 74.6 Å². The Balaban J connectivity index is 2.50. The lowest BCUT2D eigenvalue weighted by molar-refractivity contribution is 1.52. The Morgan fingerprint density at radius 1 is 0.842 bits per heavy atom. The third-order valence-corrected chi connectivity index (χ3v) is 3.40. The summed E-state index contributed by atoms with van der Waals surface area (Å²) in [4.78, 5) is 0. The number of nitrogens with zero attached hydrogens (tertiary/aromatic N) is 1. The molecule has 0 spiro atoms. The van der Waals surface area contributed by atoms with Crippen molar-refractivity contribution in [3.8, 4) is 0 Å². The molecule has 0 aliphatic heterocycles. The Labute approximate surface area is 116 Å². The van der Waals surface area contributed by atoms with Gasteiger partial charge < -0.3 is 0 Å². The average molecular weight is 269 g/mol. The molecule has 2 aromatic carbocycles. The van der Waals surface area contributed by atoms with Crippen molar-refractivity contribution in [3.63, 3.8) is 0 Å². The highest BCUT2D eigenvalue weighted by Gasteiger charge is 2.03. The smallest absolute Gasteiger partial charge is 0.0691 e. The van der Waals surface area contributed by atoms with Gasteiger partial charge in [0, 0.05) is 5.56 Å². The van der Waals surface area contributed by atoms with Gasteiger partial charge in [0.15, 0.2) is 0 Å². The van der Waals surface area contributed by atoms with Crippen LogP contribution in [0.4, 0.5) is 0 Å². The van der Waals surface area contributed by atoms with Gasteiger partial charge in [-0.05, 0) is 38.7 Å². The lowest BCUT2D eigenvalue weighted by Gasteiger charge is -2.10. The number of benzene rings is 2. The Bertz CT molecular complexity index is 598. The molecule has 0 N–H and O–H groups in total. The van der Waals surface area contributed by atoms with Gasteiger partial charge in [0.25, 0.3) is 0 Å². The SMILES string of the molecule is CP(C)(C)=N/C(=C\c1ccccc1)c1ccccc1. The molecule has 0 aromatic heterocycles. The van der Waals surface area contributed by atoms with Crippen molar-refractivity contribution < 1.29 is 0 Å². The van der Waals surface area contributed by atoms with Crippen LogP contribution < -0.4 is 0 Å². The van der Waals surface area contributed by atoms with E-state index >= 15 is 0 Å². The molecule has 0 aliphatic carbocycles. The summed E-state index contributed by atoms with van der Waals surface area (Å²) in [5.74, 6) is 0. The molecule has 1 nitrogen and oxygen atoms in total. The lowest BCUT2D eigenvalue weighted by atomic mass is 10.1. The van der Waals surface area contributed by atoms with Crippen molar-refractivity contribution in [2.45, 2.75) is 0 Å². The molecule has 0 heterocycles. The van der Waals surface area contributed by atoms with E-state index in [1.54, 1.807) is 0 Å². The standard InChI is InChI=1S/C17H20NP/c1-19(2,3)18-17(16-12-8-5-9-13-16)14-15-10-6-4-7-11-15/h4-14H,1-3H3/b17-14-. The summed E-state index contributed by atoms with van der Waals surface area (Å²) >= 11 is 0. The van der Waals surface area contributed by atoms with Crippen LogP contribution in [0.2, 0.25) is 0 Å². The zero-order valence-corrected chi connectivity index (χ0v) is 12.6. The molecular weight excluding hydrogens is 249 g/mol. The molecule has 19 heavy (non-hydrogen) atoms. The second kappa shape index (κ2) is 6.04. The van der Waals surface area contributed by atoms with Crippen LogP contribution >= 0.6 is 7.05 Å². The van der Waals surface area contributed by atoms with E-state index in [9.17, 15) is 0 Å². The molecule has 0 bridgehead atoms. The van der Waals surface area contributed by atoms with Gasteiger partial charge in [-0.2, -0.15) is 0 Å². The highest BCUT2D eigenvalue weighted by molar-refractivity contribution is 7.64. The first-order valence-electron chi connectivity index (χ1n) is 6.41. The summed E-state index contributed by atoms with van der Waals surface area (Å²) in [6, 6.07) is 20.8. The fraction of sp³-hybridized carbons (Fsp3) is 0.176. The van der Waals surface area contributed by atoms with E-state index in [1.807, 2.05) is 12.1 Å². The second-order valence-corrected chi connectivity index (χ2v) is 9.43. The van der Waals surface area contributed by atoms with Gasteiger partial charge in [-0.15, -0.1) is 0 Å². The van der Waals surface area contributed by atoms with Gasteiger partial charge >= 0.3 is 0 Å². The zero-order valence-electron chi connectivity index (χ0n) is 11.7. The van der Waals surface area contributed by atoms with Crippen molar-refractivity contribution in [2.24, 2.45) is 4.74 Å². The Morgan fingerprint density at radius 3 is 1.89 bits per heavy atom. The molecule has 0 aliphatic rings. The summed E-state index contributed by atoms with van der Waals surface area (Å²) in [7, 11) is -1.22. The number of rotatable bonds is 3. The monoisotopic (exact) mass is 269 g/mol. The Kier molecular flexibility index (Phi) is 4.39. The van der Waals surface area contributed by atoms with Crippen LogP contribution in [0.3, 0.4) is 0 Å². The van der Waals surface area contributed by atoms with E-state index in [4.69, 9.17) is 4.74 Å². The van der Waals surface area contributed by atoms with Crippen molar-refractivity contribution in [1.82, 2.24) is 0 Å². The van der Waals surface area contributed by atoms with Crippen molar-refractivity contribution >= 4 is 18.8 Å². The summed E-state index contributed by atoms with van der Waals surface area (Å²) in [6.07, 6.45) is 2.17. The van der Waals surface area contributed by atoms with E-state index in [0.717, 1.165) is 5.70 Å². The van der Waals surface area contributed by atoms with E-state index < -0.39 is 7.05 Å². The van der Waals surface area contributed by atoms with Crippen molar-refractivity contribution in [3.05, 3.63) is 71.8 Å². The molecule has 0 fully saturated rings. The van der Waals surface area contributed by atoms with E-state index in [0.29, 0.717) is 0 Å². The molecule has 0 unspecified atom stereocenters. The first-order valence-corrected chi connectivity index (χ1v) is 9.50. The van der Waals surface area contributed by atoms with Crippen LogP contribution in [-0.4, -0.2) is 20.0 Å². The third kappa shape index (κ3) is 4.54. The largest absolute Gasteiger partial charge is 0.268 e. The molecule has 98 valence electrons. The fourth-order valence-corrected chi connectivity index (χ4v) is 2.63. The summed E-state index contributed by atoms with van der Waals surface area (Å²) in [6.45, 7) is 6.69. The van der Waals surface area contributed by atoms with Crippen LogP contribution in [-0.2, 0) is 0 Å². The topological polar surface area (TPSA) is 12.4 Å². The normalized spacial score (nSPS) is 12.3. The second-order valence-electron chi connectivity index (χ2n) is 5.35. The maximum atomic E-state index is 4.95. The predicted octanol–water partition coefficient (Wildman–Crippen LogP) is 5.28. The van der Waals surface area contributed by atoms with Gasteiger partial charge in [0.05, 0.1) is 5.70 Å².